The van der Waals surface area contributed by atoms with E-state index in [-0.39, 0.29) is 0 Å². The Bertz CT molecular complexity index is 1190. The maximum atomic E-state index is 2.64. The van der Waals surface area contributed by atoms with Crippen molar-refractivity contribution in [1.29, 1.82) is 0 Å². The van der Waals surface area contributed by atoms with E-state index in [2.05, 4.69) is 132 Å². The first-order chi connectivity index (χ1) is 17.1. The van der Waals surface area contributed by atoms with Crippen molar-refractivity contribution < 1.29 is 4.58 Å². The molecule has 2 nitrogen and oxygen atoms in total. The van der Waals surface area contributed by atoms with Crippen molar-refractivity contribution in [1.82, 2.24) is 0 Å². The van der Waals surface area contributed by atoms with Crippen LogP contribution in [0.3, 0.4) is 0 Å². The number of hydrogen-bond acceptors (Lipinski definition) is 1. The van der Waals surface area contributed by atoms with Crippen LogP contribution in [0.25, 0.3) is 0 Å². The van der Waals surface area contributed by atoms with E-state index in [9.17, 15) is 0 Å². The monoisotopic (exact) mass is 481 g/mol. The molecule has 1 aliphatic rings. The average Bonchev–Trinajstić information content (AvgIpc) is 3.27. The minimum atomic E-state index is 0.459. The first kappa shape index (κ1) is 26.2. The number of nitrogens with zero attached hydrogens (tertiary/aromatic N) is 2. The summed E-state index contributed by atoms with van der Waals surface area (Å²) in [4.78, 5) is 2.64. The third-order valence-corrected chi connectivity index (χ3v) is 7.59. The van der Waals surface area contributed by atoms with E-state index >= 15 is 0 Å². The van der Waals surface area contributed by atoms with Crippen LogP contribution >= 0.6 is 0 Å². The molecule has 3 aromatic rings. The Kier molecular flexibility index (Phi) is 7.73. The lowest BCUT2D eigenvalue weighted by atomic mass is 9.91. The lowest BCUT2D eigenvalue weighted by molar-refractivity contribution is -0.429. The van der Waals surface area contributed by atoms with Gasteiger partial charge >= 0.3 is 0 Å². The quantitative estimate of drug-likeness (QED) is 0.305. The molecule has 0 N–H and O–H groups in total. The Balaban J connectivity index is 2.08. The highest BCUT2D eigenvalue weighted by atomic mass is 15.3. The summed E-state index contributed by atoms with van der Waals surface area (Å²) in [6, 6.07) is 23.0. The molecule has 0 aliphatic carbocycles. The van der Waals surface area contributed by atoms with Gasteiger partial charge in [-0.3, -0.25) is 0 Å². The summed E-state index contributed by atoms with van der Waals surface area (Å²) in [7, 11) is 0. The van der Waals surface area contributed by atoms with Crippen LogP contribution in [0.5, 0.6) is 0 Å². The first-order valence-corrected chi connectivity index (χ1v) is 13.9. The zero-order valence-electron chi connectivity index (χ0n) is 23.9. The van der Waals surface area contributed by atoms with Crippen LogP contribution in [0.4, 0.5) is 11.4 Å². The summed E-state index contributed by atoms with van der Waals surface area (Å²) in [5, 5.41) is 0. The van der Waals surface area contributed by atoms with Crippen molar-refractivity contribution in [2.45, 2.75) is 86.0 Å². The van der Waals surface area contributed by atoms with E-state index < -0.39 is 0 Å². The molecule has 1 aliphatic heterocycles. The van der Waals surface area contributed by atoms with E-state index in [1.54, 1.807) is 0 Å². The van der Waals surface area contributed by atoms with Gasteiger partial charge in [0.25, 0.3) is 5.84 Å². The fourth-order valence-corrected chi connectivity index (χ4v) is 5.65. The van der Waals surface area contributed by atoms with E-state index in [1.165, 1.54) is 50.6 Å². The molecule has 0 amide bonds. The number of para-hydroxylation sites is 2. The molecule has 3 aromatic carbocycles. The Morgan fingerprint density at radius 3 is 1.50 bits per heavy atom. The molecular formula is C34H45N2+. The van der Waals surface area contributed by atoms with Gasteiger partial charge in [0.15, 0.2) is 0 Å². The van der Waals surface area contributed by atoms with E-state index in [0.717, 1.165) is 13.1 Å². The van der Waals surface area contributed by atoms with E-state index in [0.29, 0.717) is 23.7 Å². The Labute approximate surface area is 219 Å². The predicted octanol–water partition coefficient (Wildman–Crippen LogP) is 9.10. The van der Waals surface area contributed by atoms with Crippen LogP contribution < -0.4 is 4.90 Å². The average molecular weight is 482 g/mol. The molecule has 0 bridgehead atoms. The highest BCUT2D eigenvalue weighted by Gasteiger charge is 2.39. The number of anilines is 1. The van der Waals surface area contributed by atoms with Crippen LogP contribution in [0.2, 0.25) is 0 Å². The summed E-state index contributed by atoms with van der Waals surface area (Å²) in [6.45, 7) is 22.8. The normalized spacial score (nSPS) is 14.3. The molecule has 0 radical (unpaired) electrons. The Morgan fingerprint density at radius 2 is 1.06 bits per heavy atom. The summed E-state index contributed by atoms with van der Waals surface area (Å²) >= 11 is 0. The van der Waals surface area contributed by atoms with Gasteiger partial charge in [0.1, 0.15) is 24.5 Å². The molecule has 1 heterocycles. The van der Waals surface area contributed by atoms with Crippen molar-refractivity contribution in [2.75, 3.05) is 18.0 Å². The molecule has 0 aromatic heterocycles. The topological polar surface area (TPSA) is 6.25 Å². The van der Waals surface area contributed by atoms with Crippen molar-refractivity contribution in [2.24, 2.45) is 0 Å². The third kappa shape index (κ3) is 4.88. The Hall–Kier alpha value is -2.87. The molecule has 0 fully saturated rings. The summed E-state index contributed by atoms with van der Waals surface area (Å²) < 4.78 is 2.64. The highest BCUT2D eigenvalue weighted by molar-refractivity contribution is 6.09. The second-order valence-electron chi connectivity index (χ2n) is 11.7. The van der Waals surface area contributed by atoms with Gasteiger partial charge in [-0.25, -0.2) is 9.48 Å². The zero-order valence-corrected chi connectivity index (χ0v) is 23.9. The molecule has 36 heavy (non-hydrogen) atoms. The Morgan fingerprint density at radius 1 is 0.611 bits per heavy atom. The number of aryl methyl sites for hydroxylation is 1. The smallest absolute Gasteiger partial charge is 0.222 e. The first-order valence-electron chi connectivity index (χ1n) is 13.9. The molecular weight excluding hydrogens is 436 g/mol. The van der Waals surface area contributed by atoms with Gasteiger partial charge in [-0.2, -0.15) is 0 Å². The summed E-state index contributed by atoms with van der Waals surface area (Å²) in [6.07, 6.45) is 0. The number of hydrogen-bond donors (Lipinski definition) is 0. The maximum absolute atomic E-state index is 2.64. The van der Waals surface area contributed by atoms with Gasteiger partial charge in [0.2, 0.25) is 0 Å². The maximum Gasteiger partial charge on any atom is 0.289 e. The molecule has 0 saturated carbocycles. The van der Waals surface area contributed by atoms with Crippen LogP contribution in [0.1, 0.15) is 112 Å². The molecule has 0 atom stereocenters. The van der Waals surface area contributed by atoms with Crippen LogP contribution in [0, 0.1) is 6.92 Å². The third-order valence-electron chi connectivity index (χ3n) is 7.59. The second-order valence-corrected chi connectivity index (χ2v) is 11.7. The van der Waals surface area contributed by atoms with E-state index in [1.807, 2.05) is 0 Å². The predicted molar refractivity (Wildman–Crippen MR) is 157 cm³/mol. The van der Waals surface area contributed by atoms with Crippen LogP contribution in [-0.4, -0.2) is 23.5 Å². The van der Waals surface area contributed by atoms with Crippen molar-refractivity contribution >= 4 is 17.2 Å². The van der Waals surface area contributed by atoms with Crippen molar-refractivity contribution in [3.63, 3.8) is 0 Å². The van der Waals surface area contributed by atoms with Gasteiger partial charge in [0, 0.05) is 22.3 Å². The number of rotatable bonds is 7. The molecule has 2 heteroatoms. The lowest BCUT2D eigenvalue weighted by Crippen LogP contribution is -2.32. The lowest BCUT2D eigenvalue weighted by Gasteiger charge is -2.24. The van der Waals surface area contributed by atoms with Gasteiger partial charge in [0.05, 0.1) is 5.56 Å². The second kappa shape index (κ2) is 10.6. The number of amidine groups is 1. The SMILES string of the molecule is Cc1ccc(C2=[N+](c3c(C(C)C)cccc3C(C)C)CCN2c2c(C(C)C)cccc2C(C)C)cc1. The van der Waals surface area contributed by atoms with Gasteiger partial charge in [-0.15, -0.1) is 0 Å². The van der Waals surface area contributed by atoms with Crippen molar-refractivity contribution in [3.8, 4) is 0 Å². The molecule has 4 rings (SSSR count). The minimum absolute atomic E-state index is 0.459. The number of benzene rings is 3. The molecule has 0 spiro atoms. The molecule has 0 saturated heterocycles. The van der Waals surface area contributed by atoms with Gasteiger partial charge in [-0.05, 0) is 42.7 Å². The largest absolute Gasteiger partial charge is 0.289 e. The molecule has 0 unspecified atom stereocenters. The molecule has 190 valence electrons. The fourth-order valence-electron chi connectivity index (χ4n) is 5.65. The van der Waals surface area contributed by atoms with Gasteiger partial charge in [-0.1, -0.05) is 109 Å². The zero-order chi connectivity index (χ0) is 26.1. The van der Waals surface area contributed by atoms with E-state index in [4.69, 9.17) is 0 Å². The standard InChI is InChI=1S/C34H45N2/c1-22(2)28-12-10-13-29(23(3)4)32(28)35-20-21-36(34(35)27-18-16-26(9)17-19-27)33-30(24(5)6)14-11-15-31(33)25(7)8/h10-19,22-25H,20-21H2,1-9H3/q+1. The van der Waals surface area contributed by atoms with Crippen LogP contribution in [-0.2, 0) is 0 Å². The summed E-state index contributed by atoms with van der Waals surface area (Å²) in [5.41, 5.74) is 11.2. The minimum Gasteiger partial charge on any atom is -0.222 e. The fraction of sp³-hybridized carbons (Fsp3) is 0.441. The van der Waals surface area contributed by atoms with Crippen molar-refractivity contribution in [3.05, 3.63) is 94.0 Å². The van der Waals surface area contributed by atoms with Gasteiger partial charge < -0.3 is 0 Å². The highest BCUT2D eigenvalue weighted by Crippen LogP contribution is 2.40. The summed E-state index contributed by atoms with van der Waals surface area (Å²) in [5.74, 6) is 3.16. The van der Waals surface area contributed by atoms with Crippen LogP contribution in [0.15, 0.2) is 60.7 Å².